The van der Waals surface area contributed by atoms with Crippen LogP contribution in [0.3, 0.4) is 0 Å². The number of aliphatic imine (C=N–C) groups is 1. The Morgan fingerprint density at radius 1 is 1.14 bits per heavy atom. The highest BCUT2D eigenvalue weighted by Gasteiger charge is 2.07. The van der Waals surface area contributed by atoms with Crippen molar-refractivity contribution in [2.24, 2.45) is 4.99 Å². The molecule has 0 aliphatic rings. The molecular weight excluding hydrogens is 482 g/mol. The minimum absolute atomic E-state index is 0. The number of hydrogen-bond acceptors (Lipinski definition) is 3. The van der Waals surface area contributed by atoms with Gasteiger partial charge in [-0.1, -0.05) is 29.8 Å². The summed E-state index contributed by atoms with van der Waals surface area (Å²) in [7, 11) is 1.72. The van der Waals surface area contributed by atoms with Crippen molar-refractivity contribution in [3.63, 3.8) is 0 Å². The molecule has 3 aromatic rings. The number of rotatable bonds is 7. The second-order valence-corrected chi connectivity index (χ2v) is 6.60. The largest absolute Gasteiger partial charge is 0.444 e. The second-order valence-electron chi connectivity index (χ2n) is 6.60. The molecule has 0 amide bonds. The molecule has 0 spiro atoms. The summed E-state index contributed by atoms with van der Waals surface area (Å²) in [5.74, 6) is 1.11. The van der Waals surface area contributed by atoms with E-state index in [1.165, 1.54) is 11.6 Å². The molecule has 0 aliphatic carbocycles. The van der Waals surface area contributed by atoms with Crippen LogP contribution in [0.25, 0.3) is 11.5 Å². The molecule has 0 saturated carbocycles. The van der Waals surface area contributed by atoms with E-state index in [4.69, 9.17) is 4.42 Å². The van der Waals surface area contributed by atoms with Crippen molar-refractivity contribution >= 4 is 29.9 Å². The zero-order valence-electron chi connectivity index (χ0n) is 16.6. The molecule has 0 unspecified atom stereocenters. The summed E-state index contributed by atoms with van der Waals surface area (Å²) in [6.45, 7) is 3.30. The van der Waals surface area contributed by atoms with Gasteiger partial charge in [0.2, 0.25) is 5.89 Å². The lowest BCUT2D eigenvalue weighted by Gasteiger charge is -2.10. The topological polar surface area (TPSA) is 62.5 Å². The van der Waals surface area contributed by atoms with Crippen molar-refractivity contribution in [3.8, 4) is 11.5 Å². The SMILES string of the molecule is CN=C(NCCCc1cccc(F)c1)NCc1coc(-c2ccc(C)cc2)n1.I. The third-order valence-electron chi connectivity index (χ3n) is 4.33. The number of aryl methyl sites for hydroxylation is 2. The Morgan fingerprint density at radius 3 is 2.66 bits per heavy atom. The van der Waals surface area contributed by atoms with E-state index in [9.17, 15) is 4.39 Å². The standard InChI is InChI=1S/C22H25FN4O.HI/c1-16-8-10-18(11-9-16)21-27-20(15-28-21)14-26-22(24-2)25-12-4-6-17-5-3-7-19(23)13-17;/h3,5,7-11,13,15H,4,6,12,14H2,1-2H3,(H2,24,25,26);1H. The van der Waals surface area contributed by atoms with E-state index in [0.29, 0.717) is 18.4 Å². The Hall–Kier alpha value is -2.42. The Balaban J connectivity index is 0.00000300. The molecule has 2 aromatic carbocycles. The fourth-order valence-electron chi connectivity index (χ4n) is 2.80. The van der Waals surface area contributed by atoms with Gasteiger partial charge < -0.3 is 15.1 Å². The number of benzene rings is 2. The molecule has 1 heterocycles. The van der Waals surface area contributed by atoms with Gasteiger partial charge in [0.1, 0.15) is 12.1 Å². The van der Waals surface area contributed by atoms with Crippen molar-refractivity contribution in [2.45, 2.75) is 26.3 Å². The fraction of sp³-hybridized carbons (Fsp3) is 0.273. The molecule has 0 radical (unpaired) electrons. The fourth-order valence-corrected chi connectivity index (χ4v) is 2.80. The molecule has 5 nitrogen and oxygen atoms in total. The third-order valence-corrected chi connectivity index (χ3v) is 4.33. The maximum atomic E-state index is 13.2. The molecule has 7 heteroatoms. The number of guanidine groups is 1. The van der Waals surface area contributed by atoms with Gasteiger partial charge >= 0.3 is 0 Å². The van der Waals surface area contributed by atoms with Crippen LogP contribution >= 0.6 is 24.0 Å². The molecule has 1 aromatic heterocycles. The van der Waals surface area contributed by atoms with Gasteiger partial charge in [-0.3, -0.25) is 4.99 Å². The van der Waals surface area contributed by atoms with Gasteiger partial charge in [0.25, 0.3) is 0 Å². The van der Waals surface area contributed by atoms with Crippen LogP contribution in [0.2, 0.25) is 0 Å². The van der Waals surface area contributed by atoms with Crippen molar-refractivity contribution in [2.75, 3.05) is 13.6 Å². The number of oxazole rings is 1. The predicted molar refractivity (Wildman–Crippen MR) is 125 cm³/mol. The van der Waals surface area contributed by atoms with Crippen molar-refractivity contribution in [3.05, 3.63) is 77.4 Å². The van der Waals surface area contributed by atoms with Gasteiger partial charge in [-0.25, -0.2) is 9.37 Å². The van der Waals surface area contributed by atoms with E-state index in [2.05, 4.69) is 20.6 Å². The summed E-state index contributed by atoms with van der Waals surface area (Å²) in [5, 5.41) is 6.48. The Labute approximate surface area is 187 Å². The van der Waals surface area contributed by atoms with Gasteiger partial charge in [-0.05, 0) is 49.6 Å². The third kappa shape index (κ3) is 7.16. The van der Waals surface area contributed by atoms with E-state index >= 15 is 0 Å². The van der Waals surface area contributed by atoms with E-state index in [-0.39, 0.29) is 29.8 Å². The Bertz CT molecular complexity index is 925. The lowest BCUT2D eigenvalue weighted by molar-refractivity contribution is 0.572. The average molecular weight is 508 g/mol. The van der Waals surface area contributed by atoms with Crippen LogP contribution in [0.4, 0.5) is 4.39 Å². The minimum Gasteiger partial charge on any atom is -0.444 e. The van der Waals surface area contributed by atoms with Crippen molar-refractivity contribution in [1.29, 1.82) is 0 Å². The smallest absolute Gasteiger partial charge is 0.226 e. The van der Waals surface area contributed by atoms with Crippen LogP contribution in [0, 0.1) is 12.7 Å². The molecule has 0 bridgehead atoms. The lowest BCUT2D eigenvalue weighted by atomic mass is 10.1. The Kier molecular flexibility index (Phi) is 9.11. The first-order chi connectivity index (χ1) is 13.6. The monoisotopic (exact) mass is 508 g/mol. The molecule has 0 aliphatic heterocycles. The van der Waals surface area contributed by atoms with Gasteiger partial charge in [0, 0.05) is 19.2 Å². The van der Waals surface area contributed by atoms with Gasteiger partial charge in [-0.15, -0.1) is 24.0 Å². The van der Waals surface area contributed by atoms with E-state index < -0.39 is 0 Å². The highest BCUT2D eigenvalue weighted by molar-refractivity contribution is 14.0. The number of hydrogen-bond donors (Lipinski definition) is 2. The molecular formula is C22H26FIN4O. The first-order valence-electron chi connectivity index (χ1n) is 9.34. The summed E-state index contributed by atoms with van der Waals surface area (Å²) in [6.07, 6.45) is 3.34. The quantitative estimate of drug-likeness (QED) is 0.210. The van der Waals surface area contributed by atoms with Crippen molar-refractivity contribution in [1.82, 2.24) is 15.6 Å². The van der Waals surface area contributed by atoms with Crippen LogP contribution in [0.5, 0.6) is 0 Å². The lowest BCUT2D eigenvalue weighted by Crippen LogP contribution is -2.37. The van der Waals surface area contributed by atoms with Gasteiger partial charge in [0.05, 0.1) is 12.2 Å². The first-order valence-corrected chi connectivity index (χ1v) is 9.34. The highest BCUT2D eigenvalue weighted by Crippen LogP contribution is 2.18. The molecule has 0 fully saturated rings. The predicted octanol–water partition coefficient (Wildman–Crippen LogP) is 4.70. The van der Waals surface area contributed by atoms with Gasteiger partial charge in [-0.2, -0.15) is 0 Å². The molecule has 29 heavy (non-hydrogen) atoms. The second kappa shape index (κ2) is 11.5. The van der Waals surface area contributed by atoms with Crippen LogP contribution in [-0.2, 0) is 13.0 Å². The van der Waals surface area contributed by atoms with Crippen LogP contribution in [0.15, 0.2) is 64.2 Å². The van der Waals surface area contributed by atoms with Crippen LogP contribution < -0.4 is 10.6 Å². The maximum absolute atomic E-state index is 13.2. The number of aromatic nitrogens is 1. The van der Waals surface area contributed by atoms with E-state index in [1.54, 1.807) is 25.4 Å². The Morgan fingerprint density at radius 2 is 1.93 bits per heavy atom. The molecule has 0 atom stereocenters. The minimum atomic E-state index is -0.194. The van der Waals surface area contributed by atoms with E-state index in [0.717, 1.165) is 36.2 Å². The molecule has 0 saturated heterocycles. The van der Waals surface area contributed by atoms with Gasteiger partial charge in [0.15, 0.2) is 5.96 Å². The average Bonchev–Trinajstić information content (AvgIpc) is 3.17. The van der Waals surface area contributed by atoms with Crippen molar-refractivity contribution < 1.29 is 8.81 Å². The number of nitrogens with zero attached hydrogens (tertiary/aromatic N) is 2. The summed E-state index contributed by atoms with van der Waals surface area (Å²) in [6, 6.07) is 14.8. The van der Waals surface area contributed by atoms with Crippen LogP contribution in [-0.4, -0.2) is 24.5 Å². The van der Waals surface area contributed by atoms with Crippen LogP contribution in [0.1, 0.15) is 23.2 Å². The zero-order chi connectivity index (χ0) is 19.8. The molecule has 154 valence electrons. The molecule has 3 rings (SSSR count). The summed E-state index contributed by atoms with van der Waals surface area (Å²) >= 11 is 0. The number of nitrogens with one attached hydrogen (secondary N) is 2. The summed E-state index contributed by atoms with van der Waals surface area (Å²) < 4.78 is 18.8. The zero-order valence-corrected chi connectivity index (χ0v) is 18.9. The normalized spacial score (nSPS) is 11.1. The first kappa shape index (κ1) is 22.9. The summed E-state index contributed by atoms with van der Waals surface area (Å²) in [5.41, 5.74) is 3.95. The number of halogens is 2. The molecule has 2 N–H and O–H groups in total. The van der Waals surface area contributed by atoms with E-state index in [1.807, 2.05) is 37.3 Å². The highest BCUT2D eigenvalue weighted by atomic mass is 127. The summed E-state index contributed by atoms with van der Waals surface area (Å²) in [4.78, 5) is 8.73. The maximum Gasteiger partial charge on any atom is 0.226 e.